The third kappa shape index (κ3) is 4.13. The Hall–Kier alpha value is -3.05. The van der Waals surface area contributed by atoms with Gasteiger partial charge in [0.15, 0.2) is 0 Å². The van der Waals surface area contributed by atoms with E-state index in [1.807, 2.05) is 25.1 Å². The number of benzene rings is 2. The van der Waals surface area contributed by atoms with E-state index >= 15 is 0 Å². The van der Waals surface area contributed by atoms with E-state index in [1.165, 1.54) is 6.20 Å². The van der Waals surface area contributed by atoms with Crippen molar-refractivity contribution in [3.8, 4) is 5.75 Å². The Bertz CT molecular complexity index is 909. The minimum atomic E-state index is -0.229. The molecule has 0 unspecified atom stereocenters. The van der Waals surface area contributed by atoms with Crippen molar-refractivity contribution < 1.29 is 9.53 Å². The van der Waals surface area contributed by atoms with Crippen LogP contribution >= 0.6 is 11.6 Å². The summed E-state index contributed by atoms with van der Waals surface area (Å²) in [5.74, 6) is 1.14. The van der Waals surface area contributed by atoms with Crippen LogP contribution in [-0.4, -0.2) is 18.0 Å². The van der Waals surface area contributed by atoms with Crippen molar-refractivity contribution >= 4 is 34.7 Å². The molecule has 0 bridgehead atoms. The van der Waals surface area contributed by atoms with Crippen LogP contribution in [0.4, 0.5) is 17.2 Å². The fourth-order valence-electron chi connectivity index (χ4n) is 2.36. The molecule has 2 aromatic carbocycles. The first-order valence-corrected chi connectivity index (χ1v) is 8.38. The van der Waals surface area contributed by atoms with Gasteiger partial charge in [0.05, 0.1) is 12.7 Å². The summed E-state index contributed by atoms with van der Waals surface area (Å²) in [7, 11) is 1.60. The molecule has 1 aromatic heterocycles. The maximum Gasteiger partial charge on any atom is 0.257 e. The highest BCUT2D eigenvalue weighted by Gasteiger charge is 2.08. The average molecular weight is 368 g/mol. The quantitative estimate of drug-likeness (QED) is 0.662. The van der Waals surface area contributed by atoms with Crippen LogP contribution in [-0.2, 0) is 0 Å². The van der Waals surface area contributed by atoms with E-state index in [1.54, 1.807) is 43.5 Å². The minimum absolute atomic E-state index is 0.229. The topological polar surface area (TPSA) is 63.2 Å². The number of carbonyl (C=O) groups is 1. The molecular formula is C20H18ClN3O2. The number of hydrogen-bond donors (Lipinski definition) is 2. The third-order valence-electron chi connectivity index (χ3n) is 3.90. The first-order chi connectivity index (χ1) is 12.6. The van der Waals surface area contributed by atoms with Crippen LogP contribution in [0.2, 0.25) is 5.02 Å². The zero-order chi connectivity index (χ0) is 18.5. The van der Waals surface area contributed by atoms with E-state index in [2.05, 4.69) is 15.6 Å². The van der Waals surface area contributed by atoms with Gasteiger partial charge >= 0.3 is 0 Å². The van der Waals surface area contributed by atoms with E-state index in [4.69, 9.17) is 16.3 Å². The van der Waals surface area contributed by atoms with E-state index < -0.39 is 0 Å². The molecule has 5 nitrogen and oxygen atoms in total. The molecule has 6 heteroatoms. The van der Waals surface area contributed by atoms with Gasteiger partial charge in [-0.2, -0.15) is 0 Å². The zero-order valence-electron chi connectivity index (χ0n) is 14.4. The highest BCUT2D eigenvalue weighted by atomic mass is 35.5. The highest BCUT2D eigenvalue weighted by molar-refractivity contribution is 6.31. The van der Waals surface area contributed by atoms with Gasteiger partial charge in [-0.15, -0.1) is 0 Å². The minimum Gasteiger partial charge on any atom is -0.497 e. The van der Waals surface area contributed by atoms with Gasteiger partial charge in [0.1, 0.15) is 11.6 Å². The van der Waals surface area contributed by atoms with Gasteiger partial charge in [-0.25, -0.2) is 4.98 Å². The van der Waals surface area contributed by atoms with E-state index in [9.17, 15) is 4.79 Å². The molecule has 0 spiro atoms. The summed E-state index contributed by atoms with van der Waals surface area (Å²) in [4.78, 5) is 16.6. The molecule has 0 fully saturated rings. The normalized spacial score (nSPS) is 10.3. The van der Waals surface area contributed by atoms with Gasteiger partial charge in [0, 0.05) is 22.6 Å². The molecule has 1 heterocycles. The second-order valence-electron chi connectivity index (χ2n) is 5.65. The van der Waals surface area contributed by atoms with E-state index in [-0.39, 0.29) is 5.91 Å². The molecular weight excluding hydrogens is 350 g/mol. The van der Waals surface area contributed by atoms with Crippen molar-refractivity contribution in [2.24, 2.45) is 0 Å². The monoisotopic (exact) mass is 367 g/mol. The first kappa shape index (κ1) is 17.8. The number of carbonyl (C=O) groups excluding carboxylic acids is 1. The first-order valence-electron chi connectivity index (χ1n) is 8.00. The van der Waals surface area contributed by atoms with Gasteiger partial charge in [-0.05, 0) is 61.0 Å². The van der Waals surface area contributed by atoms with Crippen molar-refractivity contribution in [2.45, 2.75) is 6.92 Å². The number of halogens is 1. The summed E-state index contributed by atoms with van der Waals surface area (Å²) >= 11 is 6.12. The molecule has 0 aliphatic carbocycles. The lowest BCUT2D eigenvalue weighted by Gasteiger charge is -2.10. The largest absolute Gasteiger partial charge is 0.497 e. The molecule has 132 valence electrons. The van der Waals surface area contributed by atoms with Gasteiger partial charge < -0.3 is 15.4 Å². The Morgan fingerprint density at radius 2 is 1.85 bits per heavy atom. The fourth-order valence-corrected chi connectivity index (χ4v) is 2.54. The predicted octanol–water partition coefficient (Wildman–Crippen LogP) is 5.05. The average Bonchev–Trinajstić information content (AvgIpc) is 2.66. The third-order valence-corrected chi connectivity index (χ3v) is 4.31. The molecule has 0 radical (unpaired) electrons. The van der Waals surface area contributed by atoms with Crippen molar-refractivity contribution in [3.05, 3.63) is 76.9 Å². The molecule has 3 rings (SSSR count). The molecule has 0 saturated heterocycles. The summed E-state index contributed by atoms with van der Waals surface area (Å²) in [5.41, 5.74) is 2.97. The molecule has 0 saturated carbocycles. The lowest BCUT2D eigenvalue weighted by atomic mass is 10.2. The number of rotatable bonds is 5. The lowest BCUT2D eigenvalue weighted by Crippen LogP contribution is -2.12. The Morgan fingerprint density at radius 1 is 1.08 bits per heavy atom. The Labute approximate surface area is 157 Å². The zero-order valence-corrected chi connectivity index (χ0v) is 15.2. The van der Waals surface area contributed by atoms with Crippen LogP contribution in [0, 0.1) is 6.92 Å². The molecule has 0 aliphatic heterocycles. The van der Waals surface area contributed by atoms with Gasteiger partial charge in [-0.3, -0.25) is 4.79 Å². The number of hydrogen-bond acceptors (Lipinski definition) is 4. The summed E-state index contributed by atoms with van der Waals surface area (Å²) in [6, 6.07) is 16.2. The number of pyridine rings is 1. The second-order valence-corrected chi connectivity index (χ2v) is 6.06. The summed E-state index contributed by atoms with van der Waals surface area (Å²) < 4.78 is 5.10. The molecule has 3 aromatic rings. The van der Waals surface area contributed by atoms with Crippen molar-refractivity contribution in [1.82, 2.24) is 4.98 Å². The number of aromatic nitrogens is 1. The Balaban J connectivity index is 1.68. The number of nitrogens with one attached hydrogen (secondary N) is 2. The second kappa shape index (κ2) is 7.89. The predicted molar refractivity (Wildman–Crippen MR) is 105 cm³/mol. The van der Waals surface area contributed by atoms with Crippen LogP contribution in [0.5, 0.6) is 5.75 Å². The SMILES string of the molecule is COc1ccc(NC(=O)c2ccc(Nc3cccc(Cl)c3C)nc2)cc1. The summed E-state index contributed by atoms with van der Waals surface area (Å²) in [5, 5.41) is 6.71. The summed E-state index contributed by atoms with van der Waals surface area (Å²) in [6.45, 7) is 1.93. The smallest absolute Gasteiger partial charge is 0.257 e. The molecule has 1 amide bonds. The van der Waals surface area contributed by atoms with E-state index in [0.29, 0.717) is 22.1 Å². The maximum absolute atomic E-state index is 12.3. The Morgan fingerprint density at radius 3 is 2.50 bits per heavy atom. The van der Waals surface area contributed by atoms with Crippen LogP contribution in [0.1, 0.15) is 15.9 Å². The van der Waals surface area contributed by atoms with Gasteiger partial charge in [0.25, 0.3) is 5.91 Å². The number of amides is 1. The summed E-state index contributed by atoms with van der Waals surface area (Å²) in [6.07, 6.45) is 1.53. The standard InChI is InChI=1S/C20H18ClN3O2/c1-13-17(21)4-3-5-18(13)24-19-11-6-14(12-22-19)20(25)23-15-7-9-16(26-2)10-8-15/h3-12H,1-2H3,(H,22,24)(H,23,25). The molecule has 26 heavy (non-hydrogen) atoms. The molecule has 2 N–H and O–H groups in total. The molecule has 0 atom stereocenters. The molecule has 0 aliphatic rings. The van der Waals surface area contributed by atoms with Crippen LogP contribution < -0.4 is 15.4 Å². The van der Waals surface area contributed by atoms with Gasteiger partial charge in [-0.1, -0.05) is 17.7 Å². The Kier molecular flexibility index (Phi) is 5.39. The van der Waals surface area contributed by atoms with Crippen LogP contribution in [0.25, 0.3) is 0 Å². The van der Waals surface area contributed by atoms with Crippen molar-refractivity contribution in [2.75, 3.05) is 17.7 Å². The number of methoxy groups -OCH3 is 1. The number of ether oxygens (including phenoxy) is 1. The maximum atomic E-state index is 12.3. The van der Waals surface area contributed by atoms with E-state index in [0.717, 1.165) is 17.0 Å². The number of anilines is 3. The van der Waals surface area contributed by atoms with Crippen LogP contribution in [0.3, 0.4) is 0 Å². The van der Waals surface area contributed by atoms with Gasteiger partial charge in [0.2, 0.25) is 0 Å². The number of nitrogens with zero attached hydrogens (tertiary/aromatic N) is 1. The lowest BCUT2D eigenvalue weighted by molar-refractivity contribution is 0.102. The van der Waals surface area contributed by atoms with Crippen molar-refractivity contribution in [3.63, 3.8) is 0 Å². The highest BCUT2D eigenvalue weighted by Crippen LogP contribution is 2.25. The van der Waals surface area contributed by atoms with Crippen molar-refractivity contribution in [1.29, 1.82) is 0 Å². The fraction of sp³-hybridized carbons (Fsp3) is 0.100. The van der Waals surface area contributed by atoms with Crippen LogP contribution in [0.15, 0.2) is 60.8 Å².